The van der Waals surface area contributed by atoms with Crippen LogP contribution in [0, 0.1) is 0 Å². The quantitative estimate of drug-likeness (QED) is 0.524. The van der Waals surface area contributed by atoms with Crippen LogP contribution in [0.2, 0.25) is 0 Å². The van der Waals surface area contributed by atoms with Gasteiger partial charge in [0.25, 0.3) is 0 Å². The van der Waals surface area contributed by atoms with Crippen molar-refractivity contribution in [3.8, 4) is 11.5 Å². The Hall–Kier alpha value is -3.40. The highest BCUT2D eigenvalue weighted by Crippen LogP contribution is 2.30. The van der Waals surface area contributed by atoms with Gasteiger partial charge in [-0.05, 0) is 17.7 Å². The molecule has 0 radical (unpaired) electrons. The number of hydrogen-bond acceptors (Lipinski definition) is 4. The molecule has 0 saturated heterocycles. The van der Waals surface area contributed by atoms with Gasteiger partial charge in [0.2, 0.25) is 0 Å². The standard InChI is InChI=1S/C24H22O4/c1-27-19-13-14-20(23(15-19)28-2)22(25)16-21(17-9-5-3-6-10-17)24(26)18-11-7-4-8-12-18/h3-15,21H,16H2,1-2H3. The number of rotatable bonds is 8. The first-order valence-corrected chi connectivity index (χ1v) is 9.03. The Kier molecular flexibility index (Phi) is 6.22. The minimum Gasteiger partial charge on any atom is -0.497 e. The molecule has 0 N–H and O–H groups in total. The molecule has 3 aromatic rings. The summed E-state index contributed by atoms with van der Waals surface area (Å²) < 4.78 is 10.5. The Morgan fingerprint density at radius 1 is 0.821 bits per heavy atom. The van der Waals surface area contributed by atoms with E-state index in [9.17, 15) is 9.59 Å². The van der Waals surface area contributed by atoms with Gasteiger partial charge in [0, 0.05) is 18.1 Å². The molecule has 28 heavy (non-hydrogen) atoms. The Bertz CT molecular complexity index is 949. The third kappa shape index (κ3) is 4.29. The molecule has 3 aromatic carbocycles. The van der Waals surface area contributed by atoms with Crippen molar-refractivity contribution in [1.29, 1.82) is 0 Å². The molecule has 4 nitrogen and oxygen atoms in total. The summed E-state index contributed by atoms with van der Waals surface area (Å²) in [7, 11) is 3.07. The smallest absolute Gasteiger partial charge is 0.170 e. The average Bonchev–Trinajstić information content (AvgIpc) is 2.77. The number of ketones is 2. The van der Waals surface area contributed by atoms with Crippen LogP contribution in [0.4, 0.5) is 0 Å². The van der Waals surface area contributed by atoms with Crippen molar-refractivity contribution >= 4 is 11.6 Å². The van der Waals surface area contributed by atoms with E-state index in [1.807, 2.05) is 48.5 Å². The average molecular weight is 374 g/mol. The SMILES string of the molecule is COc1ccc(C(=O)CC(C(=O)c2ccccc2)c2ccccc2)c(OC)c1. The van der Waals surface area contributed by atoms with Gasteiger partial charge in [0.15, 0.2) is 11.6 Å². The molecular weight excluding hydrogens is 352 g/mol. The van der Waals surface area contributed by atoms with Gasteiger partial charge in [0.05, 0.1) is 25.7 Å². The van der Waals surface area contributed by atoms with Gasteiger partial charge >= 0.3 is 0 Å². The van der Waals surface area contributed by atoms with Crippen molar-refractivity contribution in [2.24, 2.45) is 0 Å². The summed E-state index contributed by atoms with van der Waals surface area (Å²) in [4.78, 5) is 26.2. The lowest BCUT2D eigenvalue weighted by molar-refractivity contribution is 0.0892. The first-order valence-electron chi connectivity index (χ1n) is 9.03. The Morgan fingerprint density at radius 2 is 1.46 bits per heavy atom. The third-order valence-electron chi connectivity index (χ3n) is 4.68. The summed E-state index contributed by atoms with van der Waals surface area (Å²) in [5.74, 6) is 0.241. The molecule has 0 bridgehead atoms. The Morgan fingerprint density at radius 3 is 2.07 bits per heavy atom. The maximum Gasteiger partial charge on any atom is 0.170 e. The van der Waals surface area contributed by atoms with Crippen LogP contribution >= 0.6 is 0 Å². The lowest BCUT2D eigenvalue weighted by Gasteiger charge is -2.17. The number of ether oxygens (including phenoxy) is 2. The molecule has 4 heteroatoms. The van der Waals surface area contributed by atoms with E-state index >= 15 is 0 Å². The van der Waals surface area contributed by atoms with Crippen LogP contribution in [-0.4, -0.2) is 25.8 Å². The van der Waals surface area contributed by atoms with Crippen LogP contribution in [0.5, 0.6) is 11.5 Å². The highest BCUT2D eigenvalue weighted by molar-refractivity contribution is 6.07. The predicted octanol–water partition coefficient (Wildman–Crippen LogP) is 4.94. The van der Waals surface area contributed by atoms with Gasteiger partial charge in [-0.15, -0.1) is 0 Å². The lowest BCUT2D eigenvalue weighted by Crippen LogP contribution is -2.17. The minimum atomic E-state index is -0.567. The lowest BCUT2D eigenvalue weighted by atomic mass is 9.85. The van der Waals surface area contributed by atoms with Crippen molar-refractivity contribution in [1.82, 2.24) is 0 Å². The normalized spacial score (nSPS) is 11.5. The monoisotopic (exact) mass is 374 g/mol. The summed E-state index contributed by atoms with van der Waals surface area (Å²) >= 11 is 0. The molecule has 0 fully saturated rings. The van der Waals surface area contributed by atoms with E-state index in [0.29, 0.717) is 22.6 Å². The first kappa shape index (κ1) is 19.4. The number of benzene rings is 3. The van der Waals surface area contributed by atoms with Gasteiger partial charge in [-0.3, -0.25) is 9.59 Å². The van der Waals surface area contributed by atoms with Crippen LogP contribution < -0.4 is 9.47 Å². The molecule has 0 heterocycles. The molecule has 0 aliphatic heterocycles. The second kappa shape index (κ2) is 9.00. The Balaban J connectivity index is 1.94. The second-order valence-corrected chi connectivity index (χ2v) is 6.39. The van der Waals surface area contributed by atoms with Crippen LogP contribution in [0.15, 0.2) is 78.9 Å². The summed E-state index contributed by atoms with van der Waals surface area (Å²) in [5, 5.41) is 0. The van der Waals surface area contributed by atoms with Crippen molar-refractivity contribution in [3.63, 3.8) is 0 Å². The fourth-order valence-corrected chi connectivity index (χ4v) is 3.18. The molecule has 3 rings (SSSR count). The fourth-order valence-electron chi connectivity index (χ4n) is 3.18. The van der Waals surface area contributed by atoms with Crippen LogP contribution in [-0.2, 0) is 0 Å². The highest BCUT2D eigenvalue weighted by Gasteiger charge is 2.26. The highest BCUT2D eigenvalue weighted by atomic mass is 16.5. The van der Waals surface area contributed by atoms with Crippen molar-refractivity contribution in [2.45, 2.75) is 12.3 Å². The zero-order valence-electron chi connectivity index (χ0n) is 15.9. The van der Waals surface area contributed by atoms with Crippen molar-refractivity contribution < 1.29 is 19.1 Å². The van der Waals surface area contributed by atoms with Gasteiger partial charge in [0.1, 0.15) is 11.5 Å². The summed E-state index contributed by atoms with van der Waals surface area (Å²) in [5.41, 5.74) is 1.84. The molecule has 0 aromatic heterocycles. The zero-order valence-corrected chi connectivity index (χ0v) is 15.9. The molecular formula is C24H22O4. The molecule has 1 atom stereocenters. The maximum absolute atomic E-state index is 13.2. The van der Waals surface area contributed by atoms with Crippen LogP contribution in [0.1, 0.15) is 38.6 Å². The number of hydrogen-bond donors (Lipinski definition) is 0. The molecule has 0 aliphatic rings. The fraction of sp³-hybridized carbons (Fsp3) is 0.167. The van der Waals surface area contributed by atoms with Gasteiger partial charge in [-0.25, -0.2) is 0 Å². The third-order valence-corrected chi connectivity index (χ3v) is 4.68. The molecule has 0 amide bonds. The number of carbonyl (C=O) groups excluding carboxylic acids is 2. The van der Waals surface area contributed by atoms with E-state index in [-0.39, 0.29) is 18.0 Å². The van der Waals surface area contributed by atoms with E-state index < -0.39 is 5.92 Å². The maximum atomic E-state index is 13.2. The predicted molar refractivity (Wildman–Crippen MR) is 108 cm³/mol. The summed E-state index contributed by atoms with van der Waals surface area (Å²) in [6.45, 7) is 0. The molecule has 0 saturated carbocycles. The second-order valence-electron chi connectivity index (χ2n) is 6.39. The van der Waals surface area contributed by atoms with Crippen LogP contribution in [0.25, 0.3) is 0 Å². The Labute approximate surface area is 164 Å². The first-order chi connectivity index (χ1) is 13.6. The molecule has 0 spiro atoms. The summed E-state index contributed by atoms with van der Waals surface area (Å²) in [6, 6.07) is 23.5. The molecule has 0 aliphatic carbocycles. The van der Waals surface area contributed by atoms with E-state index in [2.05, 4.69) is 0 Å². The minimum absolute atomic E-state index is 0.0560. The molecule has 142 valence electrons. The van der Waals surface area contributed by atoms with Gasteiger partial charge < -0.3 is 9.47 Å². The molecule has 1 unspecified atom stereocenters. The van der Waals surface area contributed by atoms with Gasteiger partial charge in [-0.1, -0.05) is 60.7 Å². The van der Waals surface area contributed by atoms with Gasteiger partial charge in [-0.2, -0.15) is 0 Å². The number of carbonyl (C=O) groups is 2. The van der Waals surface area contributed by atoms with E-state index in [1.165, 1.54) is 7.11 Å². The summed E-state index contributed by atoms with van der Waals surface area (Å²) in [6.07, 6.45) is 0.0560. The topological polar surface area (TPSA) is 52.6 Å². The van der Waals surface area contributed by atoms with Crippen LogP contribution in [0.3, 0.4) is 0 Å². The number of methoxy groups -OCH3 is 2. The van der Waals surface area contributed by atoms with E-state index in [4.69, 9.17) is 9.47 Å². The van der Waals surface area contributed by atoms with Crippen molar-refractivity contribution in [2.75, 3.05) is 14.2 Å². The largest absolute Gasteiger partial charge is 0.497 e. The van der Waals surface area contributed by atoms with Crippen molar-refractivity contribution in [3.05, 3.63) is 95.6 Å². The van der Waals surface area contributed by atoms with E-state index in [1.54, 1.807) is 37.4 Å². The number of Topliss-reactive ketones (excluding diaryl/α,β-unsaturated/α-hetero) is 2. The van der Waals surface area contributed by atoms with E-state index in [0.717, 1.165) is 5.56 Å². The zero-order chi connectivity index (χ0) is 19.9.